The minimum Gasteiger partial charge on any atom is -0.493 e. The van der Waals surface area contributed by atoms with Gasteiger partial charge in [-0.05, 0) is 61.7 Å². The number of ether oxygens (including phenoxy) is 2. The van der Waals surface area contributed by atoms with Gasteiger partial charge in [-0.15, -0.1) is 12.4 Å². The summed E-state index contributed by atoms with van der Waals surface area (Å²) in [4.78, 5) is 12.9. The summed E-state index contributed by atoms with van der Waals surface area (Å²) in [6, 6.07) is 8.84. The van der Waals surface area contributed by atoms with Crippen molar-refractivity contribution < 1.29 is 18.7 Å². The maximum atomic E-state index is 14.8. The predicted octanol–water partition coefficient (Wildman–Crippen LogP) is 3.83. The maximum Gasteiger partial charge on any atom is 0.234 e. The fourth-order valence-electron chi connectivity index (χ4n) is 3.26. The third kappa shape index (κ3) is 4.08. The van der Waals surface area contributed by atoms with Crippen molar-refractivity contribution in [1.82, 2.24) is 5.32 Å². The van der Waals surface area contributed by atoms with Gasteiger partial charge >= 0.3 is 0 Å². The third-order valence-corrected chi connectivity index (χ3v) is 5.13. The molecule has 0 fully saturated rings. The monoisotopic (exact) mass is 408 g/mol. The van der Waals surface area contributed by atoms with Gasteiger partial charge in [-0.3, -0.25) is 4.79 Å². The first-order chi connectivity index (χ1) is 12.9. The number of carbonyl (C=O) groups is 1. The molecule has 152 valence electrons. The van der Waals surface area contributed by atoms with Crippen LogP contribution < -0.4 is 20.1 Å². The van der Waals surface area contributed by atoms with Gasteiger partial charge in [-0.25, -0.2) is 4.39 Å². The Morgan fingerprint density at radius 3 is 2.54 bits per heavy atom. The number of nitrogens with one attached hydrogen (secondary N) is 2. The molecule has 1 aliphatic rings. The van der Waals surface area contributed by atoms with Gasteiger partial charge in [0, 0.05) is 6.54 Å². The van der Waals surface area contributed by atoms with Gasteiger partial charge < -0.3 is 20.1 Å². The molecule has 1 heterocycles. The lowest BCUT2D eigenvalue weighted by atomic mass is 9.83. The summed E-state index contributed by atoms with van der Waals surface area (Å²) < 4.78 is 25.4. The van der Waals surface area contributed by atoms with Crippen LogP contribution in [0.3, 0.4) is 0 Å². The van der Waals surface area contributed by atoms with E-state index >= 15 is 0 Å². The Hall–Kier alpha value is -2.31. The van der Waals surface area contributed by atoms with Crippen molar-refractivity contribution in [3.05, 3.63) is 52.8 Å². The zero-order chi connectivity index (χ0) is 19.6. The van der Waals surface area contributed by atoms with E-state index in [1.165, 1.54) is 0 Å². The minimum absolute atomic E-state index is 0. The number of amides is 1. The highest BCUT2D eigenvalue weighted by Gasteiger charge is 2.32. The molecule has 28 heavy (non-hydrogen) atoms. The highest BCUT2D eigenvalue weighted by molar-refractivity contribution is 5.98. The number of anilines is 1. The molecule has 5 nitrogen and oxygen atoms in total. The number of benzene rings is 2. The number of methoxy groups -OCH3 is 2. The summed E-state index contributed by atoms with van der Waals surface area (Å²) in [7, 11) is 3.11. The van der Waals surface area contributed by atoms with Crippen LogP contribution in [0.5, 0.6) is 11.5 Å². The average molecular weight is 409 g/mol. The van der Waals surface area contributed by atoms with E-state index in [0.29, 0.717) is 30.0 Å². The summed E-state index contributed by atoms with van der Waals surface area (Å²) in [5.74, 6) is 0.503. The number of fused-ring (bicyclic) bond motifs is 1. The highest BCUT2D eigenvalue weighted by atomic mass is 35.5. The molecular formula is C21H26ClFN2O3. The van der Waals surface area contributed by atoms with Crippen molar-refractivity contribution in [2.24, 2.45) is 0 Å². The molecule has 0 saturated heterocycles. The molecule has 0 radical (unpaired) electrons. The van der Waals surface area contributed by atoms with Crippen LogP contribution in [0, 0.1) is 5.82 Å². The van der Waals surface area contributed by atoms with Crippen molar-refractivity contribution >= 4 is 24.0 Å². The number of hydrogen-bond donors (Lipinski definition) is 2. The average Bonchev–Trinajstić information content (AvgIpc) is 2.69. The van der Waals surface area contributed by atoms with Crippen molar-refractivity contribution in [2.75, 3.05) is 26.1 Å². The van der Waals surface area contributed by atoms with Crippen molar-refractivity contribution in [3.63, 3.8) is 0 Å². The van der Waals surface area contributed by atoms with Crippen LogP contribution in [0.25, 0.3) is 0 Å². The third-order valence-electron chi connectivity index (χ3n) is 5.13. The van der Waals surface area contributed by atoms with E-state index in [1.54, 1.807) is 46.3 Å². The van der Waals surface area contributed by atoms with E-state index in [0.717, 1.165) is 17.7 Å². The molecule has 0 aliphatic carbocycles. The first-order valence-electron chi connectivity index (χ1n) is 8.93. The Balaban J connectivity index is 0.00000280. The summed E-state index contributed by atoms with van der Waals surface area (Å²) in [6.07, 6.45) is 0.615. The lowest BCUT2D eigenvalue weighted by Crippen LogP contribution is -2.35. The van der Waals surface area contributed by atoms with Crippen LogP contribution in [0.1, 0.15) is 30.5 Å². The van der Waals surface area contributed by atoms with Crippen molar-refractivity contribution in [3.8, 4) is 11.5 Å². The van der Waals surface area contributed by atoms with Crippen LogP contribution >= 0.6 is 12.4 Å². The van der Waals surface area contributed by atoms with Crippen molar-refractivity contribution in [1.29, 1.82) is 0 Å². The smallest absolute Gasteiger partial charge is 0.234 e. The van der Waals surface area contributed by atoms with Crippen LogP contribution in [0.15, 0.2) is 30.3 Å². The minimum atomic E-state index is -0.885. The standard InChI is InChI=1S/C21H25FN2O3.ClH/c1-21(2,14-6-8-17(26-3)18(11-14)27-4)20(25)24-16-7-5-13-12-23-10-9-15(13)19(16)22;/h5-8,11,23H,9-10,12H2,1-4H3,(H,24,25);1H. The summed E-state index contributed by atoms with van der Waals surface area (Å²) in [6.45, 7) is 4.98. The molecule has 1 aliphatic heterocycles. The topological polar surface area (TPSA) is 59.6 Å². The van der Waals surface area contributed by atoms with E-state index < -0.39 is 5.41 Å². The number of carbonyl (C=O) groups excluding carboxylic acids is 1. The first-order valence-corrected chi connectivity index (χ1v) is 8.93. The lowest BCUT2D eigenvalue weighted by Gasteiger charge is -2.26. The van der Waals surface area contributed by atoms with Gasteiger partial charge in [0.2, 0.25) is 5.91 Å². The van der Waals surface area contributed by atoms with Gasteiger partial charge in [-0.1, -0.05) is 12.1 Å². The molecule has 0 atom stereocenters. The van der Waals surface area contributed by atoms with E-state index in [9.17, 15) is 9.18 Å². The first kappa shape index (κ1) is 22.0. The molecule has 7 heteroatoms. The van der Waals surface area contributed by atoms with E-state index in [2.05, 4.69) is 10.6 Å². The van der Waals surface area contributed by atoms with Gasteiger partial charge in [0.15, 0.2) is 11.5 Å². The van der Waals surface area contributed by atoms with Gasteiger partial charge in [0.1, 0.15) is 5.82 Å². The molecule has 2 aromatic carbocycles. The molecule has 0 aromatic heterocycles. The van der Waals surface area contributed by atoms with E-state index in [4.69, 9.17) is 9.47 Å². The SMILES string of the molecule is COc1ccc(C(C)(C)C(=O)Nc2ccc3c(c2F)CCNC3)cc1OC.Cl. The van der Waals surface area contributed by atoms with Crippen molar-refractivity contribution in [2.45, 2.75) is 32.2 Å². The molecule has 0 saturated carbocycles. The van der Waals surface area contributed by atoms with E-state index in [-0.39, 0.29) is 29.8 Å². The van der Waals surface area contributed by atoms with Crippen LogP contribution in [-0.4, -0.2) is 26.7 Å². The zero-order valence-corrected chi connectivity index (χ0v) is 17.3. The molecule has 2 aromatic rings. The fraction of sp³-hybridized carbons (Fsp3) is 0.381. The summed E-state index contributed by atoms with van der Waals surface area (Å²) >= 11 is 0. The highest BCUT2D eigenvalue weighted by Crippen LogP contribution is 2.34. The normalized spacial score (nSPS) is 13.2. The van der Waals surface area contributed by atoms with Crippen LogP contribution in [0.4, 0.5) is 10.1 Å². The molecule has 0 bridgehead atoms. The fourth-order valence-corrected chi connectivity index (χ4v) is 3.26. The molecular weight excluding hydrogens is 383 g/mol. The van der Waals surface area contributed by atoms with Gasteiger partial charge in [-0.2, -0.15) is 0 Å². The van der Waals surface area contributed by atoms with Crippen LogP contribution in [-0.2, 0) is 23.2 Å². The number of hydrogen-bond acceptors (Lipinski definition) is 4. The number of rotatable bonds is 5. The second-order valence-corrected chi connectivity index (χ2v) is 7.14. The molecule has 0 unspecified atom stereocenters. The molecule has 1 amide bonds. The Kier molecular flexibility index (Phi) is 6.91. The predicted molar refractivity (Wildman–Crippen MR) is 110 cm³/mol. The Bertz CT molecular complexity index is 871. The zero-order valence-electron chi connectivity index (χ0n) is 16.5. The quantitative estimate of drug-likeness (QED) is 0.789. The number of halogens is 2. The maximum absolute atomic E-state index is 14.8. The lowest BCUT2D eigenvalue weighted by molar-refractivity contribution is -0.120. The second kappa shape index (κ2) is 8.80. The summed E-state index contributed by atoms with van der Waals surface area (Å²) in [5.41, 5.74) is 1.70. The Labute approximate surface area is 171 Å². The molecule has 3 rings (SSSR count). The van der Waals surface area contributed by atoms with Gasteiger partial charge in [0.25, 0.3) is 0 Å². The second-order valence-electron chi connectivity index (χ2n) is 7.14. The Morgan fingerprint density at radius 2 is 1.86 bits per heavy atom. The Morgan fingerprint density at radius 1 is 1.14 bits per heavy atom. The van der Waals surface area contributed by atoms with E-state index in [1.807, 2.05) is 12.1 Å². The van der Waals surface area contributed by atoms with Crippen LogP contribution in [0.2, 0.25) is 0 Å². The largest absolute Gasteiger partial charge is 0.493 e. The summed E-state index contributed by atoms with van der Waals surface area (Å²) in [5, 5.41) is 5.98. The molecule has 2 N–H and O–H groups in total. The van der Waals surface area contributed by atoms with Gasteiger partial charge in [0.05, 0.1) is 25.3 Å². The molecule has 0 spiro atoms.